The van der Waals surface area contributed by atoms with Crippen molar-refractivity contribution in [3.63, 3.8) is 0 Å². The highest BCUT2D eigenvalue weighted by atomic mass is 32.2. The Kier molecular flexibility index (Phi) is 6.53. The summed E-state index contributed by atoms with van der Waals surface area (Å²) in [5, 5.41) is 10.0. The van der Waals surface area contributed by atoms with Gasteiger partial charge in [-0.15, -0.1) is 11.8 Å². The third-order valence-corrected chi connectivity index (χ3v) is 6.95. The maximum Gasteiger partial charge on any atom is 0.115 e. The number of phenols is 1. The van der Waals surface area contributed by atoms with Gasteiger partial charge in [0.25, 0.3) is 0 Å². The molecule has 0 radical (unpaired) electrons. The van der Waals surface area contributed by atoms with Gasteiger partial charge in [-0.3, -0.25) is 0 Å². The highest BCUT2D eigenvalue weighted by Gasteiger charge is 2.41. The fourth-order valence-electron chi connectivity index (χ4n) is 4.28. The maximum absolute atomic E-state index is 10.0. The lowest BCUT2D eigenvalue weighted by Gasteiger charge is -2.37. The number of phenolic OH excluding ortho intramolecular Hbond substituents is 1. The third-order valence-electron chi connectivity index (χ3n) is 5.79. The summed E-state index contributed by atoms with van der Waals surface area (Å²) < 4.78 is 0. The van der Waals surface area contributed by atoms with Gasteiger partial charge in [0.1, 0.15) is 5.75 Å². The average Bonchev–Trinajstić information content (AvgIpc) is 3.24. The summed E-state index contributed by atoms with van der Waals surface area (Å²) in [5.74, 6) is 1.37. The Hall–Kier alpha value is -2.91. The fraction of sp³-hybridized carbons (Fsp3) is 0.214. The van der Waals surface area contributed by atoms with E-state index in [1.807, 2.05) is 23.9 Å². The van der Waals surface area contributed by atoms with Gasteiger partial charge in [0.15, 0.2) is 0 Å². The van der Waals surface area contributed by atoms with E-state index < -0.39 is 5.41 Å². The standard InChI is InChI=1S/C28H29NOS/c1-3-4-20-31-26-13-9-8-12-25(26)28(22-10-6-5-7-11-22,27-19-14-21(2)29-27)23-15-17-24(30)18-16-23/h5-19,29-30H,3-4,20H2,1-2H3/t28-/m1/s1. The summed E-state index contributed by atoms with van der Waals surface area (Å²) >= 11 is 1.93. The Balaban J connectivity index is 2.05. The van der Waals surface area contributed by atoms with Gasteiger partial charge in [-0.25, -0.2) is 0 Å². The molecule has 2 nitrogen and oxygen atoms in total. The van der Waals surface area contributed by atoms with Gasteiger partial charge in [-0.1, -0.05) is 74.0 Å². The van der Waals surface area contributed by atoms with E-state index >= 15 is 0 Å². The van der Waals surface area contributed by atoms with Crippen molar-refractivity contribution in [3.8, 4) is 5.75 Å². The van der Waals surface area contributed by atoms with Crippen molar-refractivity contribution in [3.05, 3.63) is 119 Å². The summed E-state index contributed by atoms with van der Waals surface area (Å²) in [4.78, 5) is 4.94. The van der Waals surface area contributed by atoms with Crippen LogP contribution in [0.3, 0.4) is 0 Å². The van der Waals surface area contributed by atoms with E-state index in [2.05, 4.69) is 85.6 Å². The minimum atomic E-state index is -0.515. The molecule has 1 aromatic heterocycles. The van der Waals surface area contributed by atoms with Crippen LogP contribution >= 0.6 is 11.8 Å². The van der Waals surface area contributed by atoms with Crippen LogP contribution in [0.4, 0.5) is 0 Å². The van der Waals surface area contributed by atoms with Crippen molar-refractivity contribution in [1.29, 1.82) is 0 Å². The van der Waals surface area contributed by atoms with Crippen LogP contribution in [0.5, 0.6) is 5.75 Å². The quantitative estimate of drug-likeness (QED) is 0.176. The fourth-order valence-corrected chi connectivity index (χ4v) is 5.49. The van der Waals surface area contributed by atoms with Crippen LogP contribution in [-0.4, -0.2) is 15.8 Å². The van der Waals surface area contributed by atoms with Crippen LogP contribution in [0.1, 0.15) is 47.8 Å². The average molecular weight is 428 g/mol. The molecule has 0 aliphatic rings. The summed E-state index contributed by atoms with van der Waals surface area (Å²) in [6.07, 6.45) is 2.38. The first-order valence-corrected chi connectivity index (χ1v) is 11.9. The van der Waals surface area contributed by atoms with E-state index in [1.54, 1.807) is 12.1 Å². The molecular formula is C28H29NOS. The van der Waals surface area contributed by atoms with Crippen molar-refractivity contribution in [2.24, 2.45) is 0 Å². The Morgan fingerprint density at radius 1 is 0.806 bits per heavy atom. The number of hydrogen-bond donors (Lipinski definition) is 2. The molecule has 0 aliphatic heterocycles. The number of rotatable bonds is 8. The van der Waals surface area contributed by atoms with Crippen molar-refractivity contribution in [1.82, 2.24) is 4.98 Å². The molecule has 0 saturated heterocycles. The number of aryl methyl sites for hydroxylation is 1. The number of H-pyrrole nitrogens is 1. The molecule has 0 amide bonds. The Morgan fingerprint density at radius 2 is 1.48 bits per heavy atom. The highest BCUT2D eigenvalue weighted by Crippen LogP contribution is 2.48. The van der Waals surface area contributed by atoms with E-state index in [9.17, 15) is 5.11 Å². The lowest BCUT2D eigenvalue weighted by atomic mass is 9.67. The second-order valence-corrected chi connectivity index (χ2v) is 9.05. The number of hydrogen-bond acceptors (Lipinski definition) is 2. The van der Waals surface area contributed by atoms with Crippen LogP contribution in [0.15, 0.2) is 95.9 Å². The van der Waals surface area contributed by atoms with Gasteiger partial charge in [0, 0.05) is 16.3 Å². The number of benzene rings is 3. The largest absolute Gasteiger partial charge is 0.508 e. The Labute approximate surface area is 189 Å². The summed E-state index contributed by atoms with van der Waals surface area (Å²) in [7, 11) is 0. The summed E-state index contributed by atoms with van der Waals surface area (Å²) in [6, 6.07) is 31.4. The predicted octanol–water partition coefficient (Wildman–Crippen LogP) is 7.30. The molecule has 3 heteroatoms. The first-order chi connectivity index (χ1) is 15.2. The van der Waals surface area contributed by atoms with Crippen LogP contribution < -0.4 is 0 Å². The van der Waals surface area contributed by atoms with Crippen molar-refractivity contribution < 1.29 is 5.11 Å². The molecule has 4 rings (SSSR count). The minimum Gasteiger partial charge on any atom is -0.508 e. The van der Waals surface area contributed by atoms with Crippen LogP contribution in [0.2, 0.25) is 0 Å². The van der Waals surface area contributed by atoms with E-state index in [-0.39, 0.29) is 5.75 Å². The second-order valence-electron chi connectivity index (χ2n) is 7.92. The molecule has 0 unspecified atom stereocenters. The lowest BCUT2D eigenvalue weighted by molar-refractivity contribution is 0.474. The smallest absolute Gasteiger partial charge is 0.115 e. The van der Waals surface area contributed by atoms with Gasteiger partial charge in [-0.05, 0) is 66.1 Å². The second kappa shape index (κ2) is 9.49. The minimum absolute atomic E-state index is 0.277. The van der Waals surface area contributed by atoms with Gasteiger partial charge in [-0.2, -0.15) is 0 Å². The lowest BCUT2D eigenvalue weighted by Crippen LogP contribution is -2.32. The number of aromatic amines is 1. The van der Waals surface area contributed by atoms with Crippen LogP contribution in [0.25, 0.3) is 0 Å². The summed E-state index contributed by atoms with van der Waals surface area (Å²) in [6.45, 7) is 4.33. The van der Waals surface area contributed by atoms with E-state index in [1.165, 1.54) is 28.9 Å². The molecule has 2 N–H and O–H groups in total. The van der Waals surface area contributed by atoms with E-state index in [0.29, 0.717) is 0 Å². The Bertz CT molecular complexity index is 1120. The van der Waals surface area contributed by atoms with Gasteiger partial charge in [0.2, 0.25) is 0 Å². The maximum atomic E-state index is 10.0. The zero-order valence-electron chi connectivity index (χ0n) is 18.1. The van der Waals surface area contributed by atoms with Crippen molar-refractivity contribution >= 4 is 11.8 Å². The topological polar surface area (TPSA) is 36.0 Å². The van der Waals surface area contributed by atoms with Crippen LogP contribution in [-0.2, 0) is 5.41 Å². The molecule has 0 aliphatic carbocycles. The molecule has 0 fully saturated rings. The first kappa shape index (κ1) is 21.3. The molecule has 1 heterocycles. The number of nitrogens with one attached hydrogen (secondary N) is 1. The third kappa shape index (κ3) is 4.15. The molecule has 1 atom stereocenters. The molecule has 0 spiro atoms. The number of aromatic hydroxyl groups is 1. The SMILES string of the molecule is CCCCSc1ccccc1[C@@](c1ccccc1)(c1ccc(O)cc1)c1ccc(C)[nH]1. The number of unbranched alkanes of at least 4 members (excludes halogenated alkanes) is 1. The molecule has 31 heavy (non-hydrogen) atoms. The Morgan fingerprint density at radius 3 is 2.16 bits per heavy atom. The van der Waals surface area contributed by atoms with E-state index in [4.69, 9.17) is 0 Å². The zero-order chi connectivity index (χ0) is 21.7. The monoisotopic (exact) mass is 427 g/mol. The molecule has 3 aromatic carbocycles. The highest BCUT2D eigenvalue weighted by molar-refractivity contribution is 7.99. The first-order valence-electron chi connectivity index (χ1n) is 10.9. The zero-order valence-corrected chi connectivity index (χ0v) is 19.0. The van der Waals surface area contributed by atoms with Gasteiger partial charge in [0.05, 0.1) is 5.41 Å². The van der Waals surface area contributed by atoms with Gasteiger partial charge < -0.3 is 10.1 Å². The van der Waals surface area contributed by atoms with E-state index in [0.717, 1.165) is 22.7 Å². The molecular weight excluding hydrogens is 398 g/mol. The van der Waals surface area contributed by atoms with Crippen LogP contribution in [0, 0.1) is 6.92 Å². The molecule has 158 valence electrons. The predicted molar refractivity (Wildman–Crippen MR) is 131 cm³/mol. The van der Waals surface area contributed by atoms with Crippen molar-refractivity contribution in [2.45, 2.75) is 37.0 Å². The molecule has 0 bridgehead atoms. The molecule has 4 aromatic rings. The number of aromatic nitrogens is 1. The number of thioether (sulfide) groups is 1. The van der Waals surface area contributed by atoms with Crippen molar-refractivity contribution in [2.75, 3.05) is 5.75 Å². The summed E-state index contributed by atoms with van der Waals surface area (Å²) in [5.41, 5.74) is 5.33. The van der Waals surface area contributed by atoms with Gasteiger partial charge >= 0.3 is 0 Å². The molecule has 0 saturated carbocycles. The normalized spacial score (nSPS) is 13.1.